The third-order valence-electron chi connectivity index (χ3n) is 5.56. The zero-order chi connectivity index (χ0) is 21.7. The van der Waals surface area contributed by atoms with Gasteiger partial charge >= 0.3 is 0 Å². The Morgan fingerprint density at radius 3 is 2.77 bits per heavy atom. The summed E-state index contributed by atoms with van der Waals surface area (Å²) in [5.74, 6) is -1.68. The molecule has 1 radical (unpaired) electrons. The smallest absolute Gasteiger partial charge is 0.253 e. The van der Waals surface area contributed by atoms with Crippen LogP contribution in [0, 0.1) is 6.42 Å². The van der Waals surface area contributed by atoms with Gasteiger partial charge in [0.1, 0.15) is 16.9 Å². The fourth-order valence-electron chi connectivity index (χ4n) is 3.69. The number of primary amides is 1. The van der Waals surface area contributed by atoms with Crippen molar-refractivity contribution in [3.63, 3.8) is 0 Å². The van der Waals surface area contributed by atoms with Crippen LogP contribution in [0.1, 0.15) is 25.3 Å². The van der Waals surface area contributed by atoms with Gasteiger partial charge in [-0.15, -0.1) is 11.8 Å². The summed E-state index contributed by atoms with van der Waals surface area (Å²) >= 11 is 1.13. The van der Waals surface area contributed by atoms with Crippen molar-refractivity contribution in [2.24, 2.45) is 5.73 Å². The molecular weight excluding hydrogens is 406 g/mol. The van der Waals surface area contributed by atoms with Gasteiger partial charge in [0.15, 0.2) is 0 Å². The highest BCUT2D eigenvalue weighted by molar-refractivity contribution is 8.01. The van der Waals surface area contributed by atoms with Gasteiger partial charge < -0.3 is 25.8 Å². The van der Waals surface area contributed by atoms with Crippen molar-refractivity contribution < 1.29 is 24.2 Å². The van der Waals surface area contributed by atoms with Gasteiger partial charge in [0.05, 0.1) is 12.0 Å². The number of hydrogen-bond donors (Lipinski definition) is 3. The molecule has 2 heterocycles. The largest absolute Gasteiger partial charge is 0.383 e. The summed E-state index contributed by atoms with van der Waals surface area (Å²) in [4.78, 5) is 39.3. The van der Waals surface area contributed by atoms with Crippen molar-refractivity contribution in [3.8, 4) is 0 Å². The first-order valence-electron chi connectivity index (χ1n) is 10.0. The van der Waals surface area contributed by atoms with E-state index in [0.29, 0.717) is 19.6 Å². The predicted octanol–water partition coefficient (Wildman–Crippen LogP) is 0.235. The number of ether oxygens (including phenoxy) is 1. The Morgan fingerprint density at radius 1 is 1.40 bits per heavy atom. The maximum Gasteiger partial charge on any atom is 0.253 e. The molecule has 30 heavy (non-hydrogen) atoms. The number of aliphatic hydroxyl groups excluding tert-OH is 1. The van der Waals surface area contributed by atoms with Crippen molar-refractivity contribution in [1.29, 1.82) is 0 Å². The third kappa shape index (κ3) is 4.96. The Hall–Kier alpha value is -2.10. The van der Waals surface area contributed by atoms with Crippen molar-refractivity contribution >= 4 is 29.5 Å². The molecule has 1 unspecified atom stereocenters. The van der Waals surface area contributed by atoms with E-state index in [1.54, 1.807) is 6.92 Å². The molecular formula is C21H28N3O5S. The topological polar surface area (TPSA) is 122 Å². The SMILES string of the molecule is C[C@@]1(C(N)=O)SCN(C(=O)[C@@H](O)[CH]Cc2ccccc2)C1C(=O)NC[C@H]1CCCO1. The molecule has 0 bridgehead atoms. The van der Waals surface area contributed by atoms with E-state index in [2.05, 4.69) is 5.32 Å². The van der Waals surface area contributed by atoms with E-state index in [1.165, 1.54) is 11.3 Å². The standard InChI is InChI=1S/C21H28N3O5S/c1-21(20(22)28)17(18(26)23-12-15-8-5-11-29-15)24(13-30-21)19(27)16(25)10-9-14-6-3-2-4-7-14/h2-4,6-7,10,15-17,25H,5,8-9,11-13H2,1H3,(H2,22,28)(H,23,26)/t15-,16+,17?,21-/m1/s1. The van der Waals surface area contributed by atoms with E-state index in [9.17, 15) is 19.5 Å². The number of benzene rings is 1. The number of rotatable bonds is 8. The van der Waals surface area contributed by atoms with Crippen LogP contribution in [0.2, 0.25) is 0 Å². The molecule has 0 saturated carbocycles. The van der Waals surface area contributed by atoms with Gasteiger partial charge in [-0.25, -0.2) is 0 Å². The first-order valence-corrected chi connectivity index (χ1v) is 11.0. The average molecular weight is 435 g/mol. The second kappa shape index (κ2) is 9.80. The molecule has 2 aliphatic heterocycles. The van der Waals surface area contributed by atoms with Gasteiger partial charge in [0, 0.05) is 19.6 Å². The van der Waals surface area contributed by atoms with E-state index in [1.807, 2.05) is 30.3 Å². The normalized spacial score (nSPS) is 27.1. The van der Waals surface area contributed by atoms with Gasteiger partial charge in [-0.2, -0.15) is 0 Å². The monoisotopic (exact) mass is 434 g/mol. The third-order valence-corrected chi connectivity index (χ3v) is 6.99. The van der Waals surface area contributed by atoms with Crippen molar-refractivity contribution in [2.75, 3.05) is 19.0 Å². The summed E-state index contributed by atoms with van der Waals surface area (Å²) in [6.07, 6.45) is 2.21. The van der Waals surface area contributed by atoms with Crippen LogP contribution in [0.4, 0.5) is 0 Å². The summed E-state index contributed by atoms with van der Waals surface area (Å²) in [6, 6.07) is 8.32. The second-order valence-electron chi connectivity index (χ2n) is 7.71. The summed E-state index contributed by atoms with van der Waals surface area (Å²) < 4.78 is 4.23. The van der Waals surface area contributed by atoms with E-state index in [0.717, 1.165) is 30.2 Å². The first kappa shape index (κ1) is 22.6. The molecule has 4 N–H and O–H groups in total. The number of carbonyl (C=O) groups excluding carboxylic acids is 3. The highest BCUT2D eigenvalue weighted by atomic mass is 32.2. The van der Waals surface area contributed by atoms with Crippen molar-refractivity contribution in [3.05, 3.63) is 42.3 Å². The van der Waals surface area contributed by atoms with Gasteiger partial charge in [0.25, 0.3) is 5.91 Å². The van der Waals surface area contributed by atoms with Crippen LogP contribution in [-0.2, 0) is 25.5 Å². The molecule has 2 fully saturated rings. The van der Waals surface area contributed by atoms with Crippen LogP contribution < -0.4 is 11.1 Å². The number of aliphatic hydroxyl groups is 1. The van der Waals surface area contributed by atoms with E-state index >= 15 is 0 Å². The molecule has 0 spiro atoms. The number of thioether (sulfide) groups is 1. The molecule has 4 atom stereocenters. The molecule has 1 aromatic carbocycles. The first-order chi connectivity index (χ1) is 14.3. The second-order valence-corrected chi connectivity index (χ2v) is 9.10. The lowest BCUT2D eigenvalue weighted by Gasteiger charge is -2.32. The van der Waals surface area contributed by atoms with Gasteiger partial charge in [-0.05, 0) is 31.7 Å². The molecule has 3 amide bonds. The summed E-state index contributed by atoms with van der Waals surface area (Å²) in [5.41, 5.74) is 6.53. The summed E-state index contributed by atoms with van der Waals surface area (Å²) in [6.45, 7) is 2.52. The Morgan fingerprint density at radius 2 is 2.13 bits per heavy atom. The van der Waals surface area contributed by atoms with Crippen LogP contribution in [0.25, 0.3) is 0 Å². The van der Waals surface area contributed by atoms with Crippen LogP contribution >= 0.6 is 11.8 Å². The molecule has 8 nitrogen and oxygen atoms in total. The van der Waals surface area contributed by atoms with E-state index in [-0.39, 0.29) is 12.0 Å². The minimum atomic E-state index is -1.39. The van der Waals surface area contributed by atoms with Gasteiger partial charge in [-0.1, -0.05) is 30.3 Å². The van der Waals surface area contributed by atoms with E-state index in [4.69, 9.17) is 10.5 Å². The average Bonchev–Trinajstić information content (AvgIpc) is 3.39. The van der Waals surface area contributed by atoms with E-state index < -0.39 is 34.6 Å². The molecule has 1 aromatic rings. The lowest BCUT2D eigenvalue weighted by Crippen LogP contribution is -2.60. The highest BCUT2D eigenvalue weighted by Crippen LogP contribution is 2.40. The van der Waals surface area contributed by atoms with Crippen molar-refractivity contribution in [2.45, 2.75) is 49.2 Å². The highest BCUT2D eigenvalue weighted by Gasteiger charge is 2.55. The van der Waals surface area contributed by atoms with Crippen LogP contribution in [0.15, 0.2) is 30.3 Å². The van der Waals surface area contributed by atoms with Gasteiger partial charge in [0.2, 0.25) is 11.8 Å². The lowest BCUT2D eigenvalue weighted by atomic mass is 9.96. The number of amides is 3. The number of hydrogen-bond acceptors (Lipinski definition) is 6. The van der Waals surface area contributed by atoms with Crippen LogP contribution in [0.5, 0.6) is 0 Å². The Kier molecular flexibility index (Phi) is 7.38. The quantitative estimate of drug-likeness (QED) is 0.539. The number of nitrogens with zero attached hydrogens (tertiary/aromatic N) is 1. The fourth-order valence-corrected chi connectivity index (χ4v) is 4.91. The summed E-state index contributed by atoms with van der Waals surface area (Å²) in [5, 5.41) is 13.2. The Bertz CT molecular complexity index is 771. The summed E-state index contributed by atoms with van der Waals surface area (Å²) in [7, 11) is 0. The predicted molar refractivity (Wildman–Crippen MR) is 113 cm³/mol. The molecule has 9 heteroatoms. The zero-order valence-corrected chi connectivity index (χ0v) is 17.8. The maximum absolute atomic E-state index is 13.0. The molecule has 2 saturated heterocycles. The van der Waals surface area contributed by atoms with Crippen LogP contribution in [-0.4, -0.2) is 69.8 Å². The molecule has 0 aromatic heterocycles. The molecule has 3 rings (SSSR count). The minimum Gasteiger partial charge on any atom is -0.383 e. The number of nitrogens with two attached hydrogens (primary N) is 1. The number of carbonyl (C=O) groups is 3. The molecule has 2 aliphatic rings. The minimum absolute atomic E-state index is 0.0724. The Balaban J connectivity index is 1.67. The lowest BCUT2D eigenvalue weighted by molar-refractivity contribution is -0.146. The van der Waals surface area contributed by atoms with Crippen LogP contribution in [0.3, 0.4) is 0 Å². The van der Waals surface area contributed by atoms with Crippen molar-refractivity contribution in [1.82, 2.24) is 10.2 Å². The molecule has 0 aliphatic carbocycles. The maximum atomic E-state index is 13.0. The fraction of sp³-hybridized carbons (Fsp3) is 0.524. The number of nitrogens with one attached hydrogen (secondary N) is 1. The Labute approximate surface area is 180 Å². The van der Waals surface area contributed by atoms with Gasteiger partial charge in [-0.3, -0.25) is 14.4 Å². The zero-order valence-electron chi connectivity index (χ0n) is 17.0. The molecule has 163 valence electrons.